The first-order valence-electron chi connectivity index (χ1n) is 10.6. The number of hydrogen-bond donors (Lipinski definition) is 2. The maximum Gasteiger partial charge on any atom is 0.243 e. The summed E-state index contributed by atoms with van der Waals surface area (Å²) in [5.41, 5.74) is 0. The highest BCUT2D eigenvalue weighted by Crippen LogP contribution is 2.13. The second-order valence-corrected chi connectivity index (χ2v) is 7.74. The Morgan fingerprint density at radius 3 is 2.52 bits per heavy atom. The van der Waals surface area contributed by atoms with Gasteiger partial charge in [0.05, 0.1) is 13.2 Å². The summed E-state index contributed by atoms with van der Waals surface area (Å²) in [5, 5.41) is 6.78. The second kappa shape index (κ2) is 17.1. The fraction of sp³-hybridized carbons (Fsp3) is 0.900. The van der Waals surface area contributed by atoms with Gasteiger partial charge in [-0.1, -0.05) is 13.8 Å². The van der Waals surface area contributed by atoms with Gasteiger partial charge in [-0.25, -0.2) is 4.99 Å². The molecule has 29 heavy (non-hydrogen) atoms. The first-order chi connectivity index (χ1) is 13.4. The predicted octanol–water partition coefficient (Wildman–Crippen LogP) is 1.40. The van der Waals surface area contributed by atoms with Crippen LogP contribution in [0.5, 0.6) is 0 Å². The summed E-state index contributed by atoms with van der Waals surface area (Å²) in [7, 11) is 3.50. The SMILES string of the molecule is CCOCCCNC(=NCC(=O)N(C)C)NCC(CC(C)C)N1CCOCC1.I. The summed E-state index contributed by atoms with van der Waals surface area (Å²) in [5.74, 6) is 1.29. The summed E-state index contributed by atoms with van der Waals surface area (Å²) < 4.78 is 10.9. The molecular formula is C20H42IN5O3. The zero-order valence-corrected chi connectivity index (χ0v) is 21.2. The number of amides is 1. The lowest BCUT2D eigenvalue weighted by atomic mass is 10.0. The molecule has 1 unspecified atom stereocenters. The van der Waals surface area contributed by atoms with E-state index in [1.54, 1.807) is 19.0 Å². The quantitative estimate of drug-likeness (QED) is 0.173. The largest absolute Gasteiger partial charge is 0.382 e. The van der Waals surface area contributed by atoms with Gasteiger partial charge in [-0.05, 0) is 25.7 Å². The fourth-order valence-corrected chi connectivity index (χ4v) is 3.05. The molecule has 1 rings (SSSR count). The van der Waals surface area contributed by atoms with Crippen LogP contribution >= 0.6 is 24.0 Å². The van der Waals surface area contributed by atoms with Crippen LogP contribution in [0.15, 0.2) is 4.99 Å². The molecule has 2 N–H and O–H groups in total. The normalized spacial score (nSPS) is 16.3. The number of hydrogen-bond acceptors (Lipinski definition) is 5. The van der Waals surface area contributed by atoms with E-state index in [0.717, 1.165) is 65.4 Å². The van der Waals surface area contributed by atoms with Gasteiger partial charge in [0.25, 0.3) is 0 Å². The van der Waals surface area contributed by atoms with E-state index in [1.165, 1.54) is 0 Å². The van der Waals surface area contributed by atoms with Crippen molar-refractivity contribution in [2.45, 2.75) is 39.7 Å². The predicted molar refractivity (Wildman–Crippen MR) is 129 cm³/mol. The van der Waals surface area contributed by atoms with Crippen LogP contribution in [-0.4, -0.2) is 101 Å². The van der Waals surface area contributed by atoms with Crippen molar-refractivity contribution in [1.82, 2.24) is 20.4 Å². The van der Waals surface area contributed by atoms with Gasteiger partial charge in [-0.3, -0.25) is 9.69 Å². The molecule has 1 fully saturated rings. The zero-order chi connectivity index (χ0) is 20.8. The highest BCUT2D eigenvalue weighted by Gasteiger charge is 2.22. The van der Waals surface area contributed by atoms with E-state index in [4.69, 9.17) is 9.47 Å². The smallest absolute Gasteiger partial charge is 0.243 e. The highest BCUT2D eigenvalue weighted by atomic mass is 127. The first-order valence-corrected chi connectivity index (χ1v) is 10.6. The number of nitrogens with one attached hydrogen (secondary N) is 2. The molecule has 1 saturated heterocycles. The molecule has 0 aromatic heterocycles. The number of aliphatic imine (C=N–C) groups is 1. The van der Waals surface area contributed by atoms with Gasteiger partial charge < -0.3 is 25.0 Å². The van der Waals surface area contributed by atoms with Crippen LogP contribution in [0.1, 0.15) is 33.6 Å². The molecule has 8 nitrogen and oxygen atoms in total. The fourth-order valence-electron chi connectivity index (χ4n) is 3.05. The molecule has 0 aliphatic carbocycles. The molecule has 0 radical (unpaired) electrons. The number of halogens is 1. The van der Waals surface area contributed by atoms with Crippen molar-refractivity contribution in [2.24, 2.45) is 10.9 Å². The first kappa shape index (κ1) is 28.4. The van der Waals surface area contributed by atoms with Crippen LogP contribution in [0.3, 0.4) is 0 Å². The Hall–Kier alpha value is -0.650. The monoisotopic (exact) mass is 527 g/mol. The third kappa shape index (κ3) is 13.3. The summed E-state index contributed by atoms with van der Waals surface area (Å²) in [4.78, 5) is 20.4. The van der Waals surface area contributed by atoms with E-state index in [2.05, 4.69) is 34.4 Å². The highest BCUT2D eigenvalue weighted by molar-refractivity contribution is 14.0. The lowest BCUT2D eigenvalue weighted by Crippen LogP contribution is -2.51. The van der Waals surface area contributed by atoms with Crippen molar-refractivity contribution in [3.05, 3.63) is 0 Å². The molecule has 1 aliphatic rings. The average Bonchev–Trinajstić information content (AvgIpc) is 2.68. The minimum atomic E-state index is -0.0117. The van der Waals surface area contributed by atoms with Gasteiger partial charge >= 0.3 is 0 Å². The molecular weight excluding hydrogens is 485 g/mol. The summed E-state index contributed by atoms with van der Waals surface area (Å²) in [6, 6.07) is 0.420. The van der Waals surface area contributed by atoms with Crippen molar-refractivity contribution in [3.8, 4) is 0 Å². The van der Waals surface area contributed by atoms with E-state index in [0.29, 0.717) is 17.9 Å². The van der Waals surface area contributed by atoms with Gasteiger partial charge in [0.15, 0.2) is 5.96 Å². The molecule has 1 atom stereocenters. The number of carbonyl (C=O) groups is 1. The Balaban J connectivity index is 0.00000784. The van der Waals surface area contributed by atoms with Crippen molar-refractivity contribution < 1.29 is 14.3 Å². The molecule has 9 heteroatoms. The lowest BCUT2D eigenvalue weighted by molar-refractivity contribution is -0.127. The number of guanidine groups is 1. The Kier molecular flexibility index (Phi) is 16.7. The van der Waals surface area contributed by atoms with Crippen molar-refractivity contribution >= 4 is 35.8 Å². The maximum absolute atomic E-state index is 11.9. The molecule has 0 saturated carbocycles. The number of rotatable bonds is 12. The molecule has 1 aliphatic heterocycles. The van der Waals surface area contributed by atoms with Crippen molar-refractivity contribution in [2.75, 3.05) is 73.2 Å². The molecule has 172 valence electrons. The minimum absolute atomic E-state index is 0. The second-order valence-electron chi connectivity index (χ2n) is 7.74. The zero-order valence-electron chi connectivity index (χ0n) is 18.9. The van der Waals surface area contributed by atoms with E-state index >= 15 is 0 Å². The molecule has 1 amide bonds. The number of likely N-dealkylation sites (N-methyl/N-ethyl adjacent to an activating group) is 1. The Labute approximate surface area is 194 Å². The molecule has 0 spiro atoms. The molecule has 0 aromatic rings. The van der Waals surface area contributed by atoms with Crippen LogP contribution in [0.25, 0.3) is 0 Å². The van der Waals surface area contributed by atoms with E-state index in [-0.39, 0.29) is 36.4 Å². The number of morpholine rings is 1. The van der Waals surface area contributed by atoms with Gasteiger partial charge in [-0.2, -0.15) is 0 Å². The summed E-state index contributed by atoms with van der Waals surface area (Å²) >= 11 is 0. The molecule has 1 heterocycles. The van der Waals surface area contributed by atoms with Gasteiger partial charge in [0.2, 0.25) is 5.91 Å². The van der Waals surface area contributed by atoms with E-state index in [1.807, 2.05) is 6.92 Å². The topological polar surface area (TPSA) is 78.4 Å². The number of ether oxygens (including phenoxy) is 2. The maximum atomic E-state index is 11.9. The minimum Gasteiger partial charge on any atom is -0.382 e. The van der Waals surface area contributed by atoms with E-state index in [9.17, 15) is 4.79 Å². The van der Waals surface area contributed by atoms with Crippen LogP contribution in [0.4, 0.5) is 0 Å². The molecule has 0 bridgehead atoms. The van der Waals surface area contributed by atoms with Crippen LogP contribution in [-0.2, 0) is 14.3 Å². The third-order valence-electron chi connectivity index (χ3n) is 4.64. The lowest BCUT2D eigenvalue weighted by Gasteiger charge is -2.35. The van der Waals surface area contributed by atoms with Crippen LogP contribution in [0, 0.1) is 5.92 Å². The van der Waals surface area contributed by atoms with Crippen molar-refractivity contribution in [1.29, 1.82) is 0 Å². The summed E-state index contributed by atoms with van der Waals surface area (Å²) in [6.07, 6.45) is 2.01. The van der Waals surface area contributed by atoms with Gasteiger partial charge in [-0.15, -0.1) is 24.0 Å². The number of carbonyl (C=O) groups excluding carboxylic acids is 1. The van der Waals surface area contributed by atoms with E-state index < -0.39 is 0 Å². The summed E-state index contributed by atoms with van der Waals surface area (Å²) in [6.45, 7) is 13.2. The Bertz CT molecular complexity index is 457. The van der Waals surface area contributed by atoms with Gasteiger partial charge in [0.1, 0.15) is 6.54 Å². The van der Waals surface area contributed by atoms with Crippen molar-refractivity contribution in [3.63, 3.8) is 0 Å². The standard InChI is InChI=1S/C20H41N5O3.HI/c1-6-27-11-7-8-21-20(23-16-19(26)24(4)5)22-15-18(14-17(2)3)25-9-12-28-13-10-25;/h17-18H,6-16H2,1-5H3,(H2,21,22,23);1H. The number of nitrogens with zero attached hydrogens (tertiary/aromatic N) is 3. The Morgan fingerprint density at radius 2 is 1.93 bits per heavy atom. The van der Waals surface area contributed by atoms with Crippen LogP contribution < -0.4 is 10.6 Å². The van der Waals surface area contributed by atoms with Gasteiger partial charge in [0, 0.05) is 59.5 Å². The van der Waals surface area contributed by atoms with Crippen LogP contribution in [0.2, 0.25) is 0 Å². The molecule has 0 aromatic carbocycles. The third-order valence-corrected chi connectivity index (χ3v) is 4.64. The Morgan fingerprint density at radius 1 is 1.24 bits per heavy atom. The average molecular weight is 527 g/mol.